The topological polar surface area (TPSA) is 115 Å². The molecule has 34 heavy (non-hydrogen) atoms. The molecular weight excluding hydrogens is 432 g/mol. The molecule has 0 saturated carbocycles. The number of nitrogen functional groups attached to an aromatic ring is 1. The Kier molecular flexibility index (Phi) is 4.66. The van der Waals surface area contributed by atoms with Gasteiger partial charge in [-0.3, -0.25) is 4.79 Å². The van der Waals surface area contributed by atoms with Crippen LogP contribution >= 0.6 is 0 Å². The zero-order chi connectivity index (χ0) is 23.4. The first kappa shape index (κ1) is 20.5. The molecule has 1 aliphatic rings. The number of rotatable bonds is 3. The summed E-state index contributed by atoms with van der Waals surface area (Å²) < 4.78 is 13.5. The number of ether oxygens (including phenoxy) is 1. The largest absolute Gasteiger partial charge is 0.454 e. The van der Waals surface area contributed by atoms with E-state index < -0.39 is 5.56 Å². The van der Waals surface area contributed by atoms with Crippen molar-refractivity contribution >= 4 is 33.4 Å². The second-order valence-electron chi connectivity index (χ2n) is 8.59. The van der Waals surface area contributed by atoms with E-state index >= 15 is 0 Å². The molecule has 0 amide bonds. The number of nitrogens with one attached hydrogen (secondary N) is 1. The Bertz CT molecular complexity index is 1590. The van der Waals surface area contributed by atoms with Gasteiger partial charge in [0.05, 0.1) is 24.3 Å². The molecule has 0 bridgehead atoms. The van der Waals surface area contributed by atoms with E-state index in [1.165, 1.54) is 0 Å². The van der Waals surface area contributed by atoms with E-state index in [-0.39, 0.29) is 11.3 Å². The van der Waals surface area contributed by atoms with Gasteiger partial charge >= 0.3 is 0 Å². The van der Waals surface area contributed by atoms with Crippen LogP contribution < -0.4 is 16.2 Å². The number of nitrogens with two attached hydrogens (primary N) is 1. The van der Waals surface area contributed by atoms with Crippen LogP contribution in [0.4, 0.5) is 11.5 Å². The van der Waals surface area contributed by atoms with E-state index in [1.54, 1.807) is 4.68 Å². The number of morpholine rings is 1. The van der Waals surface area contributed by atoms with E-state index in [0.29, 0.717) is 16.8 Å². The quantitative estimate of drug-likeness (QED) is 0.426. The Morgan fingerprint density at radius 1 is 1.03 bits per heavy atom. The molecule has 3 aromatic heterocycles. The van der Waals surface area contributed by atoms with E-state index in [2.05, 4.69) is 38.4 Å². The Hall–Kier alpha value is -4.11. The molecule has 1 aliphatic heterocycles. The number of hydrogen-bond acceptors (Lipinski definition) is 7. The first-order valence-electron chi connectivity index (χ1n) is 11.2. The fraction of sp³-hybridized carbons (Fsp3) is 0.240. The van der Waals surface area contributed by atoms with Gasteiger partial charge in [0, 0.05) is 29.7 Å². The molecule has 5 aromatic rings. The molecule has 0 atom stereocenters. The third-order valence-electron chi connectivity index (χ3n) is 6.41. The van der Waals surface area contributed by atoms with Gasteiger partial charge in [0.15, 0.2) is 17.1 Å². The van der Waals surface area contributed by atoms with Crippen LogP contribution in [0.25, 0.3) is 39.0 Å². The molecule has 6 rings (SSSR count). The van der Waals surface area contributed by atoms with Crippen LogP contribution in [0, 0.1) is 13.8 Å². The predicted molar refractivity (Wildman–Crippen MR) is 132 cm³/mol. The van der Waals surface area contributed by atoms with Crippen LogP contribution in [0.15, 0.2) is 51.7 Å². The summed E-state index contributed by atoms with van der Waals surface area (Å²) in [5.74, 6) is 0.802. The van der Waals surface area contributed by atoms with E-state index in [0.717, 1.165) is 59.8 Å². The highest BCUT2D eigenvalue weighted by atomic mass is 16.5. The fourth-order valence-corrected chi connectivity index (χ4v) is 4.62. The lowest BCUT2D eigenvalue weighted by Crippen LogP contribution is -2.36. The molecule has 9 nitrogen and oxygen atoms in total. The van der Waals surface area contributed by atoms with Crippen LogP contribution in [-0.4, -0.2) is 46.3 Å². The van der Waals surface area contributed by atoms with E-state index in [4.69, 9.17) is 14.9 Å². The molecule has 0 radical (unpaired) electrons. The third kappa shape index (κ3) is 3.16. The number of aryl methyl sites for hydroxylation is 2. The summed E-state index contributed by atoms with van der Waals surface area (Å²) in [4.78, 5) is 14.9. The van der Waals surface area contributed by atoms with Crippen molar-refractivity contribution in [3.05, 3.63) is 63.9 Å². The van der Waals surface area contributed by atoms with Crippen molar-refractivity contribution < 1.29 is 9.15 Å². The van der Waals surface area contributed by atoms with Crippen LogP contribution in [0.3, 0.4) is 0 Å². The van der Waals surface area contributed by atoms with Crippen LogP contribution in [0.2, 0.25) is 0 Å². The maximum Gasteiger partial charge on any atom is 0.292 e. The normalized spacial score (nSPS) is 14.4. The molecule has 1 fully saturated rings. The second-order valence-corrected chi connectivity index (χ2v) is 8.59. The van der Waals surface area contributed by atoms with Crippen molar-refractivity contribution in [2.24, 2.45) is 0 Å². The lowest BCUT2D eigenvalue weighted by atomic mass is 10.1. The number of aromatic amines is 1. The molecule has 0 spiro atoms. The highest BCUT2D eigenvalue weighted by molar-refractivity contribution is 6.02. The first-order chi connectivity index (χ1) is 16.5. The molecule has 0 aliphatic carbocycles. The number of anilines is 2. The van der Waals surface area contributed by atoms with Crippen molar-refractivity contribution in [2.45, 2.75) is 13.8 Å². The van der Waals surface area contributed by atoms with Gasteiger partial charge in [-0.1, -0.05) is 11.6 Å². The molecule has 172 valence electrons. The van der Waals surface area contributed by atoms with Crippen LogP contribution in [0.1, 0.15) is 11.1 Å². The lowest BCUT2D eigenvalue weighted by molar-refractivity contribution is 0.122. The standard InChI is InChI=1S/C25H24N6O3/c1-14-3-8-19-18(13-14)15(2)23(34-19)22-20-21(25(32)28-27-24(20)26)29-31(22)17-6-4-16(5-7-17)30-9-11-33-12-10-30/h3-8,13H,9-12H2,1-2H3,(H2,26,27)(H,28,32). The van der Waals surface area contributed by atoms with Gasteiger partial charge in [-0.15, -0.1) is 0 Å². The number of H-pyrrole nitrogens is 1. The van der Waals surface area contributed by atoms with Gasteiger partial charge in [-0.05, 0) is 50.2 Å². The Morgan fingerprint density at radius 3 is 2.53 bits per heavy atom. The third-order valence-corrected chi connectivity index (χ3v) is 6.41. The number of fused-ring (bicyclic) bond motifs is 2. The number of aromatic nitrogens is 4. The molecule has 9 heteroatoms. The summed E-state index contributed by atoms with van der Waals surface area (Å²) in [7, 11) is 0. The molecule has 2 aromatic carbocycles. The van der Waals surface area contributed by atoms with E-state index in [1.807, 2.05) is 38.1 Å². The summed E-state index contributed by atoms with van der Waals surface area (Å²) in [5.41, 5.74) is 11.4. The fourth-order valence-electron chi connectivity index (χ4n) is 4.62. The summed E-state index contributed by atoms with van der Waals surface area (Å²) >= 11 is 0. The zero-order valence-corrected chi connectivity index (χ0v) is 19.0. The minimum Gasteiger partial charge on any atom is -0.454 e. The number of hydrogen-bond donors (Lipinski definition) is 2. The highest BCUT2D eigenvalue weighted by Gasteiger charge is 2.25. The molecule has 4 heterocycles. The van der Waals surface area contributed by atoms with Gasteiger partial charge < -0.3 is 19.8 Å². The summed E-state index contributed by atoms with van der Waals surface area (Å²) in [6.07, 6.45) is 0. The highest BCUT2D eigenvalue weighted by Crippen LogP contribution is 2.39. The van der Waals surface area contributed by atoms with Gasteiger partial charge in [-0.25, -0.2) is 9.78 Å². The molecule has 0 unspecified atom stereocenters. The SMILES string of the molecule is Cc1ccc2oc(-c3c4c(N)n[nH]c(=O)c4nn3-c3ccc(N4CCOCC4)cc3)c(C)c2c1. The van der Waals surface area contributed by atoms with Crippen LogP contribution in [0.5, 0.6) is 0 Å². The van der Waals surface area contributed by atoms with Crippen molar-refractivity contribution in [3.8, 4) is 17.1 Å². The summed E-state index contributed by atoms with van der Waals surface area (Å²) in [5, 5.41) is 12.6. The van der Waals surface area contributed by atoms with Gasteiger partial charge in [0.1, 0.15) is 11.3 Å². The number of furan rings is 1. The lowest BCUT2D eigenvalue weighted by Gasteiger charge is -2.28. The Balaban J connectivity index is 1.58. The van der Waals surface area contributed by atoms with Gasteiger partial charge in [0.2, 0.25) is 0 Å². The van der Waals surface area contributed by atoms with Crippen LogP contribution in [-0.2, 0) is 4.74 Å². The molecular formula is C25H24N6O3. The minimum absolute atomic E-state index is 0.192. The summed E-state index contributed by atoms with van der Waals surface area (Å²) in [6.45, 7) is 7.19. The number of benzene rings is 2. The monoisotopic (exact) mass is 456 g/mol. The molecule has 1 saturated heterocycles. The average Bonchev–Trinajstić information content (AvgIpc) is 3.41. The van der Waals surface area contributed by atoms with Crippen molar-refractivity contribution in [1.29, 1.82) is 0 Å². The zero-order valence-electron chi connectivity index (χ0n) is 19.0. The van der Waals surface area contributed by atoms with Gasteiger partial charge in [0.25, 0.3) is 5.56 Å². The van der Waals surface area contributed by atoms with E-state index in [9.17, 15) is 4.79 Å². The summed E-state index contributed by atoms with van der Waals surface area (Å²) in [6, 6.07) is 14.1. The average molecular weight is 457 g/mol. The van der Waals surface area contributed by atoms with Crippen molar-refractivity contribution in [1.82, 2.24) is 20.0 Å². The van der Waals surface area contributed by atoms with Crippen molar-refractivity contribution in [3.63, 3.8) is 0 Å². The smallest absolute Gasteiger partial charge is 0.292 e. The minimum atomic E-state index is -0.404. The second kappa shape index (κ2) is 7.74. The molecule has 3 N–H and O–H groups in total. The van der Waals surface area contributed by atoms with Gasteiger partial charge in [-0.2, -0.15) is 10.2 Å². The predicted octanol–water partition coefficient (Wildman–Crippen LogP) is 3.56. The Morgan fingerprint density at radius 2 is 1.76 bits per heavy atom. The van der Waals surface area contributed by atoms with Crippen molar-refractivity contribution in [2.75, 3.05) is 36.9 Å². The Labute approximate surface area is 194 Å². The maximum atomic E-state index is 12.6. The first-order valence-corrected chi connectivity index (χ1v) is 11.2. The maximum absolute atomic E-state index is 12.6. The number of nitrogens with zero attached hydrogens (tertiary/aromatic N) is 4.